The minimum Gasteiger partial charge on any atom is -0.372 e. The minimum atomic E-state index is -3.46. The number of sulfone groups is 1. The third kappa shape index (κ3) is 2.02. The van der Waals surface area contributed by atoms with Crippen molar-refractivity contribution in [3.05, 3.63) is 30.1 Å². The second-order valence-electron chi connectivity index (χ2n) is 2.44. The van der Waals surface area contributed by atoms with Crippen molar-refractivity contribution in [3.8, 4) is 0 Å². The average molecular weight is 187 g/mol. The van der Waals surface area contributed by atoms with Gasteiger partial charge in [0.05, 0.1) is 5.69 Å². The van der Waals surface area contributed by atoms with Crippen molar-refractivity contribution >= 4 is 9.84 Å². The second-order valence-corrected chi connectivity index (χ2v) is 4.54. The van der Waals surface area contributed by atoms with E-state index in [0.717, 1.165) is 6.26 Å². The first-order valence-electron chi connectivity index (χ1n) is 3.29. The fraction of sp³-hybridized carbons (Fsp3) is 0.286. The lowest BCUT2D eigenvalue weighted by Crippen LogP contribution is -2.11. The van der Waals surface area contributed by atoms with Crippen molar-refractivity contribution in [2.45, 2.75) is 5.44 Å². The molecule has 1 aromatic heterocycles. The Labute approximate surface area is 70.8 Å². The molecule has 0 saturated heterocycles. The maximum absolute atomic E-state index is 10.8. The normalized spacial score (nSPS) is 14.2. The van der Waals surface area contributed by atoms with Crippen LogP contribution in [0.1, 0.15) is 11.1 Å². The third-order valence-corrected chi connectivity index (χ3v) is 2.40. The Morgan fingerprint density at radius 3 is 2.58 bits per heavy atom. The van der Waals surface area contributed by atoms with Gasteiger partial charge in [0.2, 0.25) is 0 Å². The first-order valence-corrected chi connectivity index (χ1v) is 5.25. The quantitative estimate of drug-likeness (QED) is 0.714. The molecule has 0 radical (unpaired) electrons. The second kappa shape index (κ2) is 3.20. The third-order valence-electron chi connectivity index (χ3n) is 1.35. The van der Waals surface area contributed by atoms with Crippen LogP contribution in [0, 0.1) is 0 Å². The van der Waals surface area contributed by atoms with Crippen LogP contribution in [0.4, 0.5) is 0 Å². The van der Waals surface area contributed by atoms with Gasteiger partial charge in [-0.2, -0.15) is 0 Å². The predicted molar refractivity (Wildman–Crippen MR) is 44.0 cm³/mol. The van der Waals surface area contributed by atoms with E-state index < -0.39 is 15.3 Å². The molecule has 1 N–H and O–H groups in total. The first-order chi connectivity index (χ1) is 5.52. The van der Waals surface area contributed by atoms with Crippen LogP contribution in [0.5, 0.6) is 0 Å². The number of pyridine rings is 1. The van der Waals surface area contributed by atoms with E-state index in [4.69, 9.17) is 0 Å². The van der Waals surface area contributed by atoms with Gasteiger partial charge in [-0.05, 0) is 12.1 Å². The highest BCUT2D eigenvalue weighted by Gasteiger charge is 2.19. The molecule has 0 spiro atoms. The predicted octanol–water partition coefficient (Wildman–Crippen LogP) is 0.117. The Balaban J connectivity index is 3.02. The lowest BCUT2D eigenvalue weighted by Gasteiger charge is -2.05. The molecule has 4 nitrogen and oxygen atoms in total. The molecule has 1 atom stereocenters. The van der Waals surface area contributed by atoms with Crippen LogP contribution in [-0.4, -0.2) is 24.8 Å². The van der Waals surface area contributed by atoms with Gasteiger partial charge in [0, 0.05) is 12.5 Å². The number of aliphatic hydroxyl groups is 1. The Bertz CT molecular complexity index is 346. The summed E-state index contributed by atoms with van der Waals surface area (Å²) in [6, 6.07) is 4.74. The number of aromatic nitrogens is 1. The zero-order chi connectivity index (χ0) is 9.19. The van der Waals surface area contributed by atoms with Crippen molar-refractivity contribution in [1.29, 1.82) is 0 Å². The lowest BCUT2D eigenvalue weighted by atomic mass is 10.4. The van der Waals surface area contributed by atoms with Gasteiger partial charge < -0.3 is 5.11 Å². The molecule has 0 aromatic carbocycles. The smallest absolute Gasteiger partial charge is 0.197 e. The highest BCUT2D eigenvalue weighted by molar-refractivity contribution is 7.90. The summed E-state index contributed by atoms with van der Waals surface area (Å²) >= 11 is 0. The molecule has 66 valence electrons. The molecule has 0 bridgehead atoms. The van der Waals surface area contributed by atoms with E-state index in [0.29, 0.717) is 0 Å². The Kier molecular flexibility index (Phi) is 2.44. The number of nitrogens with zero attached hydrogens (tertiary/aromatic N) is 1. The highest BCUT2D eigenvalue weighted by Crippen LogP contribution is 2.14. The molecule has 1 unspecified atom stereocenters. The Hall–Kier alpha value is -0.940. The van der Waals surface area contributed by atoms with Gasteiger partial charge in [-0.15, -0.1) is 0 Å². The first kappa shape index (κ1) is 9.15. The number of hydrogen-bond acceptors (Lipinski definition) is 4. The maximum Gasteiger partial charge on any atom is 0.197 e. The standard InChI is InChI=1S/C7H9NO3S/c1-12(10,11)7(9)6-4-2-3-5-8-6/h2-5,7,9H,1H3. The molecule has 0 aliphatic heterocycles. The minimum absolute atomic E-state index is 0.153. The summed E-state index contributed by atoms with van der Waals surface area (Å²) in [4.78, 5) is 3.72. The van der Waals surface area contributed by atoms with Crippen LogP contribution in [0.2, 0.25) is 0 Å². The number of hydrogen-bond donors (Lipinski definition) is 1. The Morgan fingerprint density at radius 1 is 1.50 bits per heavy atom. The summed E-state index contributed by atoms with van der Waals surface area (Å²) in [6.07, 6.45) is 2.40. The maximum atomic E-state index is 10.8. The van der Waals surface area contributed by atoms with Gasteiger partial charge in [0.1, 0.15) is 0 Å². The van der Waals surface area contributed by atoms with E-state index in [-0.39, 0.29) is 5.69 Å². The molecular weight excluding hydrogens is 178 g/mol. The van der Waals surface area contributed by atoms with Crippen LogP contribution in [0.25, 0.3) is 0 Å². The van der Waals surface area contributed by atoms with Crippen molar-refractivity contribution in [2.24, 2.45) is 0 Å². The molecule has 0 aliphatic carbocycles. The highest BCUT2D eigenvalue weighted by atomic mass is 32.2. The van der Waals surface area contributed by atoms with Crippen molar-refractivity contribution < 1.29 is 13.5 Å². The van der Waals surface area contributed by atoms with Crippen LogP contribution < -0.4 is 0 Å². The molecule has 0 fully saturated rings. The van der Waals surface area contributed by atoms with E-state index in [1.165, 1.54) is 12.3 Å². The van der Waals surface area contributed by atoms with Crippen molar-refractivity contribution in [3.63, 3.8) is 0 Å². The zero-order valence-electron chi connectivity index (χ0n) is 6.51. The summed E-state index contributed by atoms with van der Waals surface area (Å²) in [5.41, 5.74) is -1.36. The van der Waals surface area contributed by atoms with Gasteiger partial charge in [0.15, 0.2) is 15.3 Å². The van der Waals surface area contributed by atoms with Gasteiger partial charge >= 0.3 is 0 Å². The molecule has 1 heterocycles. The zero-order valence-corrected chi connectivity index (χ0v) is 7.32. The average Bonchev–Trinajstić information content (AvgIpc) is 2.03. The summed E-state index contributed by atoms with van der Waals surface area (Å²) in [5, 5.41) is 9.21. The molecular formula is C7H9NO3S. The molecule has 12 heavy (non-hydrogen) atoms. The topological polar surface area (TPSA) is 67.3 Å². The van der Waals surface area contributed by atoms with Crippen LogP contribution >= 0.6 is 0 Å². The van der Waals surface area contributed by atoms with Gasteiger partial charge in [-0.1, -0.05) is 6.07 Å². The van der Waals surface area contributed by atoms with Gasteiger partial charge in [0.25, 0.3) is 0 Å². The monoisotopic (exact) mass is 187 g/mol. The number of aliphatic hydroxyl groups excluding tert-OH is 1. The fourth-order valence-electron chi connectivity index (χ4n) is 0.741. The van der Waals surface area contributed by atoms with Crippen LogP contribution in [0.15, 0.2) is 24.4 Å². The van der Waals surface area contributed by atoms with Crippen LogP contribution in [-0.2, 0) is 9.84 Å². The fourth-order valence-corrected chi connectivity index (χ4v) is 1.32. The largest absolute Gasteiger partial charge is 0.372 e. The molecule has 1 aromatic rings. The molecule has 5 heteroatoms. The SMILES string of the molecule is CS(=O)(=O)C(O)c1ccccn1. The van der Waals surface area contributed by atoms with E-state index in [2.05, 4.69) is 4.98 Å². The van der Waals surface area contributed by atoms with E-state index in [9.17, 15) is 13.5 Å². The van der Waals surface area contributed by atoms with Gasteiger partial charge in [-0.3, -0.25) is 4.98 Å². The molecule has 0 amide bonds. The summed E-state index contributed by atoms with van der Waals surface area (Å²) < 4.78 is 21.7. The van der Waals surface area contributed by atoms with Crippen LogP contribution in [0.3, 0.4) is 0 Å². The van der Waals surface area contributed by atoms with E-state index in [1.807, 2.05) is 0 Å². The van der Waals surface area contributed by atoms with Gasteiger partial charge in [-0.25, -0.2) is 8.42 Å². The lowest BCUT2D eigenvalue weighted by molar-refractivity contribution is 0.251. The van der Waals surface area contributed by atoms with Crippen molar-refractivity contribution in [1.82, 2.24) is 4.98 Å². The summed E-state index contributed by atoms with van der Waals surface area (Å²) in [7, 11) is -3.46. The molecule has 0 saturated carbocycles. The summed E-state index contributed by atoms with van der Waals surface area (Å²) in [5.74, 6) is 0. The number of rotatable bonds is 2. The van der Waals surface area contributed by atoms with E-state index in [1.54, 1.807) is 12.1 Å². The Morgan fingerprint density at radius 2 is 2.17 bits per heavy atom. The van der Waals surface area contributed by atoms with Crippen molar-refractivity contribution in [2.75, 3.05) is 6.26 Å². The van der Waals surface area contributed by atoms with E-state index >= 15 is 0 Å². The summed E-state index contributed by atoms with van der Waals surface area (Å²) in [6.45, 7) is 0. The molecule has 0 aliphatic rings. The molecule has 1 rings (SSSR count).